The van der Waals surface area contributed by atoms with E-state index in [0.29, 0.717) is 24.7 Å². The molecule has 0 radical (unpaired) electrons. The molecule has 1 N–H and O–H groups in total. The van der Waals surface area contributed by atoms with Crippen molar-refractivity contribution in [3.8, 4) is 6.07 Å². The van der Waals surface area contributed by atoms with Crippen molar-refractivity contribution in [3.05, 3.63) is 29.3 Å². The first-order valence-corrected chi connectivity index (χ1v) is 7.26. The van der Waals surface area contributed by atoms with Crippen LogP contribution in [0.3, 0.4) is 0 Å². The Labute approximate surface area is 126 Å². The fraction of sp³-hybridized carbons (Fsp3) is 0.500. The van der Waals surface area contributed by atoms with Crippen molar-refractivity contribution in [1.82, 2.24) is 10.2 Å². The van der Waals surface area contributed by atoms with Gasteiger partial charge < -0.3 is 15.1 Å². The summed E-state index contributed by atoms with van der Waals surface area (Å²) in [5, 5.41) is 12.7. The third-order valence-corrected chi connectivity index (χ3v) is 3.69. The van der Waals surface area contributed by atoms with E-state index in [1.807, 2.05) is 30.1 Å². The van der Waals surface area contributed by atoms with E-state index in [0.717, 1.165) is 24.3 Å². The van der Waals surface area contributed by atoms with Crippen molar-refractivity contribution < 1.29 is 4.79 Å². The molecule has 1 aromatic carbocycles. The molecule has 0 atom stereocenters. The van der Waals surface area contributed by atoms with Crippen LogP contribution in [0.25, 0.3) is 0 Å². The third-order valence-electron chi connectivity index (χ3n) is 3.69. The summed E-state index contributed by atoms with van der Waals surface area (Å²) in [5.74, 6) is 0.0932. The minimum Gasteiger partial charge on any atom is -0.359 e. The summed E-state index contributed by atoms with van der Waals surface area (Å²) in [5.41, 5.74) is 2.58. The number of amides is 1. The number of carbonyl (C=O) groups is 1. The Hall–Kier alpha value is -2.06. The molecule has 1 aliphatic heterocycles. The van der Waals surface area contributed by atoms with Gasteiger partial charge in [0.15, 0.2) is 0 Å². The molecule has 0 aliphatic carbocycles. The Morgan fingerprint density at radius 3 is 2.76 bits per heavy atom. The van der Waals surface area contributed by atoms with Gasteiger partial charge in [0.25, 0.3) is 0 Å². The average molecular weight is 286 g/mol. The lowest BCUT2D eigenvalue weighted by Gasteiger charge is -2.34. The van der Waals surface area contributed by atoms with Crippen LogP contribution in [0.15, 0.2) is 18.2 Å². The molecule has 5 nitrogen and oxygen atoms in total. The highest BCUT2D eigenvalue weighted by atomic mass is 16.2. The van der Waals surface area contributed by atoms with Crippen molar-refractivity contribution in [2.75, 3.05) is 31.6 Å². The second kappa shape index (κ2) is 6.59. The zero-order valence-corrected chi connectivity index (χ0v) is 12.9. The molecule has 0 saturated carbocycles. The molecule has 1 fully saturated rings. The maximum absolute atomic E-state index is 11.8. The number of likely N-dealkylation sites (N-methyl/N-ethyl adjacent to an activating group) is 1. The molecular formula is C16H22N4O. The number of benzene rings is 1. The van der Waals surface area contributed by atoms with Crippen molar-refractivity contribution in [1.29, 1.82) is 5.26 Å². The molecule has 1 heterocycles. The molecular weight excluding hydrogens is 264 g/mol. The summed E-state index contributed by atoms with van der Waals surface area (Å²) in [6.45, 7) is 6.73. The van der Waals surface area contributed by atoms with Crippen molar-refractivity contribution >= 4 is 11.6 Å². The van der Waals surface area contributed by atoms with E-state index in [9.17, 15) is 10.1 Å². The molecule has 2 rings (SSSR count). The monoisotopic (exact) mass is 286 g/mol. The smallest absolute Gasteiger partial charge is 0.241 e. The Kier molecular flexibility index (Phi) is 4.81. The Morgan fingerprint density at radius 1 is 1.38 bits per heavy atom. The SMILES string of the molecule is CC(C)NCc1ccc(N2CCN(C)C(=O)C2)c(C#N)c1. The summed E-state index contributed by atoms with van der Waals surface area (Å²) < 4.78 is 0. The molecule has 112 valence electrons. The van der Waals surface area contributed by atoms with Crippen LogP contribution in [0.4, 0.5) is 5.69 Å². The first kappa shape index (κ1) is 15.3. The van der Waals surface area contributed by atoms with E-state index in [1.54, 1.807) is 4.90 Å². The lowest BCUT2D eigenvalue weighted by atomic mass is 10.1. The van der Waals surface area contributed by atoms with Gasteiger partial charge >= 0.3 is 0 Å². The fourth-order valence-electron chi connectivity index (χ4n) is 2.34. The van der Waals surface area contributed by atoms with Gasteiger partial charge in [-0.1, -0.05) is 19.9 Å². The van der Waals surface area contributed by atoms with Crippen molar-refractivity contribution in [2.45, 2.75) is 26.4 Å². The number of anilines is 1. The van der Waals surface area contributed by atoms with Gasteiger partial charge in [-0.25, -0.2) is 0 Å². The van der Waals surface area contributed by atoms with Crippen molar-refractivity contribution in [2.24, 2.45) is 0 Å². The molecule has 1 saturated heterocycles. The van der Waals surface area contributed by atoms with Crippen LogP contribution in [0, 0.1) is 11.3 Å². The van der Waals surface area contributed by atoms with Gasteiger partial charge in [-0.2, -0.15) is 5.26 Å². The van der Waals surface area contributed by atoms with Gasteiger partial charge in [-0.05, 0) is 17.7 Å². The predicted molar refractivity (Wildman–Crippen MR) is 83.0 cm³/mol. The fourth-order valence-corrected chi connectivity index (χ4v) is 2.34. The van der Waals surface area contributed by atoms with E-state index in [1.165, 1.54) is 0 Å². The zero-order valence-electron chi connectivity index (χ0n) is 12.9. The summed E-state index contributed by atoms with van der Waals surface area (Å²) in [4.78, 5) is 15.5. The van der Waals surface area contributed by atoms with E-state index in [-0.39, 0.29) is 5.91 Å². The Morgan fingerprint density at radius 2 is 2.14 bits per heavy atom. The number of carbonyl (C=O) groups excluding carboxylic acids is 1. The predicted octanol–water partition coefficient (Wildman–Crippen LogP) is 1.33. The van der Waals surface area contributed by atoms with Crippen molar-refractivity contribution in [3.63, 3.8) is 0 Å². The topological polar surface area (TPSA) is 59.4 Å². The first-order chi connectivity index (χ1) is 10.0. The maximum Gasteiger partial charge on any atom is 0.241 e. The van der Waals surface area contributed by atoms with Gasteiger partial charge in [-0.3, -0.25) is 4.79 Å². The summed E-state index contributed by atoms with van der Waals surface area (Å²) >= 11 is 0. The van der Waals surface area contributed by atoms with Crippen LogP contribution in [-0.4, -0.2) is 43.5 Å². The number of rotatable bonds is 4. The molecule has 5 heteroatoms. The lowest BCUT2D eigenvalue weighted by Crippen LogP contribution is -2.48. The maximum atomic E-state index is 11.8. The number of hydrogen-bond acceptors (Lipinski definition) is 4. The second-order valence-electron chi connectivity index (χ2n) is 5.74. The average Bonchev–Trinajstić information content (AvgIpc) is 2.47. The first-order valence-electron chi connectivity index (χ1n) is 7.26. The van der Waals surface area contributed by atoms with Crippen LogP contribution in [0.5, 0.6) is 0 Å². The normalized spacial score (nSPS) is 15.5. The molecule has 21 heavy (non-hydrogen) atoms. The number of nitrogens with one attached hydrogen (secondary N) is 1. The minimum atomic E-state index is 0.0932. The van der Waals surface area contributed by atoms with Gasteiger partial charge in [-0.15, -0.1) is 0 Å². The van der Waals surface area contributed by atoms with Gasteiger partial charge in [0, 0.05) is 32.7 Å². The van der Waals surface area contributed by atoms with E-state index in [4.69, 9.17) is 0 Å². The molecule has 0 unspecified atom stereocenters. The zero-order chi connectivity index (χ0) is 15.4. The highest BCUT2D eigenvalue weighted by molar-refractivity contribution is 5.83. The molecule has 1 aromatic rings. The Bertz CT molecular complexity index is 562. The number of hydrogen-bond donors (Lipinski definition) is 1. The van der Waals surface area contributed by atoms with Gasteiger partial charge in [0.05, 0.1) is 17.8 Å². The van der Waals surface area contributed by atoms with E-state index < -0.39 is 0 Å². The highest BCUT2D eigenvalue weighted by Gasteiger charge is 2.22. The summed E-state index contributed by atoms with van der Waals surface area (Å²) in [6.07, 6.45) is 0. The third kappa shape index (κ3) is 3.73. The molecule has 1 aliphatic rings. The standard InChI is InChI=1S/C16H22N4O/c1-12(2)18-10-13-4-5-15(14(8-13)9-17)20-7-6-19(3)16(21)11-20/h4-5,8,12,18H,6-7,10-11H2,1-3H3. The summed E-state index contributed by atoms with van der Waals surface area (Å²) in [7, 11) is 1.81. The van der Waals surface area contributed by atoms with Crippen LogP contribution >= 0.6 is 0 Å². The largest absolute Gasteiger partial charge is 0.359 e. The molecule has 0 bridgehead atoms. The van der Waals surface area contributed by atoms with E-state index >= 15 is 0 Å². The minimum absolute atomic E-state index is 0.0932. The van der Waals surface area contributed by atoms with Gasteiger partial charge in [0.1, 0.15) is 6.07 Å². The van der Waals surface area contributed by atoms with Crippen LogP contribution in [0.1, 0.15) is 25.0 Å². The molecule has 1 amide bonds. The number of piperazine rings is 1. The lowest BCUT2D eigenvalue weighted by molar-refractivity contribution is -0.129. The van der Waals surface area contributed by atoms with Gasteiger partial charge in [0.2, 0.25) is 5.91 Å². The second-order valence-corrected chi connectivity index (χ2v) is 5.74. The summed E-state index contributed by atoms with van der Waals surface area (Å²) in [6, 6.07) is 8.55. The number of nitriles is 1. The highest BCUT2D eigenvalue weighted by Crippen LogP contribution is 2.23. The van der Waals surface area contributed by atoms with Crippen LogP contribution < -0.4 is 10.2 Å². The molecule has 0 spiro atoms. The van der Waals surface area contributed by atoms with Crippen LogP contribution in [-0.2, 0) is 11.3 Å². The Balaban J connectivity index is 2.17. The quantitative estimate of drug-likeness (QED) is 0.907. The van der Waals surface area contributed by atoms with Crippen LogP contribution in [0.2, 0.25) is 0 Å². The number of nitrogens with zero attached hydrogens (tertiary/aromatic N) is 3. The van der Waals surface area contributed by atoms with E-state index in [2.05, 4.69) is 25.2 Å². The molecule has 0 aromatic heterocycles.